The van der Waals surface area contributed by atoms with Gasteiger partial charge in [-0.05, 0) is 35.9 Å². The first-order chi connectivity index (χ1) is 14.1. The van der Waals surface area contributed by atoms with Crippen LogP contribution in [0, 0.1) is 0 Å². The number of hydrogen-bond acceptors (Lipinski definition) is 4. The number of carbonyl (C=O) groups excluding carboxylic acids is 1. The average Bonchev–Trinajstić information content (AvgIpc) is 3.06. The van der Waals surface area contributed by atoms with Crippen molar-refractivity contribution in [2.45, 2.75) is 12.8 Å². The highest BCUT2D eigenvalue weighted by molar-refractivity contribution is 6.35. The Labute approximate surface area is 179 Å². The molecule has 0 spiro atoms. The van der Waals surface area contributed by atoms with Gasteiger partial charge in [0, 0.05) is 18.3 Å². The smallest absolute Gasteiger partial charge is 0.416 e. The number of aromatic nitrogens is 2. The number of ether oxygens (including phenoxy) is 1. The van der Waals surface area contributed by atoms with Crippen LogP contribution < -0.4 is 15.1 Å². The number of hydroxylamine groups is 1. The van der Waals surface area contributed by atoms with Crippen molar-refractivity contribution in [2.75, 3.05) is 0 Å². The second kappa shape index (κ2) is 8.85. The Bertz CT molecular complexity index is 1070. The van der Waals surface area contributed by atoms with Gasteiger partial charge in [0.2, 0.25) is 5.88 Å². The van der Waals surface area contributed by atoms with Gasteiger partial charge >= 0.3 is 6.18 Å². The normalized spacial score (nSPS) is 11.3. The predicted molar refractivity (Wildman–Crippen MR) is 104 cm³/mol. The molecule has 30 heavy (non-hydrogen) atoms. The number of rotatable bonds is 6. The Balaban J connectivity index is 1.69. The zero-order valence-corrected chi connectivity index (χ0v) is 16.8. The van der Waals surface area contributed by atoms with Crippen molar-refractivity contribution in [1.82, 2.24) is 15.3 Å². The number of alkyl halides is 3. The van der Waals surface area contributed by atoms with Gasteiger partial charge in [-0.2, -0.15) is 18.7 Å². The summed E-state index contributed by atoms with van der Waals surface area (Å²) in [6, 6.07) is 9.12. The summed E-state index contributed by atoms with van der Waals surface area (Å²) < 4.78 is 45.3. The van der Waals surface area contributed by atoms with Crippen LogP contribution in [0.2, 0.25) is 10.0 Å². The SMILES string of the molecule is Cn1cc(C(=O)NOc2ccc(Cl)cc2Cl)c(OCc2cccc(C(F)(F)F)c2)n1. The highest BCUT2D eigenvalue weighted by Crippen LogP contribution is 2.30. The summed E-state index contributed by atoms with van der Waals surface area (Å²) in [6.07, 6.45) is -3.09. The first-order valence-corrected chi connectivity index (χ1v) is 9.14. The molecule has 0 aliphatic rings. The molecule has 1 heterocycles. The van der Waals surface area contributed by atoms with E-state index in [9.17, 15) is 18.0 Å². The van der Waals surface area contributed by atoms with Crippen LogP contribution >= 0.6 is 23.2 Å². The first-order valence-electron chi connectivity index (χ1n) is 8.38. The fraction of sp³-hybridized carbons (Fsp3) is 0.158. The lowest BCUT2D eigenvalue weighted by atomic mass is 10.1. The molecule has 0 bridgehead atoms. The molecule has 0 radical (unpaired) electrons. The molecule has 158 valence electrons. The van der Waals surface area contributed by atoms with Crippen LogP contribution in [0.1, 0.15) is 21.5 Å². The van der Waals surface area contributed by atoms with Crippen molar-refractivity contribution >= 4 is 29.1 Å². The number of aryl methyl sites for hydroxylation is 1. The van der Waals surface area contributed by atoms with E-state index in [2.05, 4.69) is 10.6 Å². The van der Waals surface area contributed by atoms with E-state index in [1.54, 1.807) is 7.05 Å². The fourth-order valence-corrected chi connectivity index (χ4v) is 2.88. The van der Waals surface area contributed by atoms with Gasteiger partial charge in [-0.15, -0.1) is 5.10 Å². The molecular formula is C19H14Cl2F3N3O3. The van der Waals surface area contributed by atoms with Crippen LogP contribution in [0.4, 0.5) is 13.2 Å². The topological polar surface area (TPSA) is 65.4 Å². The van der Waals surface area contributed by atoms with Crippen molar-refractivity contribution in [2.24, 2.45) is 7.05 Å². The Hall–Kier alpha value is -2.91. The van der Waals surface area contributed by atoms with Gasteiger partial charge in [-0.1, -0.05) is 35.3 Å². The molecule has 2 aromatic carbocycles. The molecule has 6 nitrogen and oxygen atoms in total. The van der Waals surface area contributed by atoms with Crippen molar-refractivity contribution in [1.29, 1.82) is 0 Å². The molecule has 1 aromatic heterocycles. The van der Waals surface area contributed by atoms with Crippen LogP contribution in [0.5, 0.6) is 11.6 Å². The summed E-state index contributed by atoms with van der Waals surface area (Å²) in [6.45, 7) is -0.217. The van der Waals surface area contributed by atoms with Gasteiger partial charge in [-0.25, -0.2) is 0 Å². The van der Waals surface area contributed by atoms with E-state index in [1.807, 2.05) is 0 Å². The number of nitrogens with one attached hydrogen (secondary N) is 1. The fourth-order valence-electron chi connectivity index (χ4n) is 2.43. The predicted octanol–water partition coefficient (Wildman–Crippen LogP) is 5.05. The van der Waals surface area contributed by atoms with E-state index in [0.29, 0.717) is 5.02 Å². The Kier molecular flexibility index (Phi) is 6.42. The lowest BCUT2D eigenvalue weighted by Gasteiger charge is -2.10. The summed E-state index contributed by atoms with van der Waals surface area (Å²) in [5, 5.41) is 4.60. The standard InChI is InChI=1S/C19H14Cl2F3N3O3/c1-27-9-14(17(28)26-30-16-6-5-13(20)8-15(16)21)18(25-27)29-10-11-3-2-4-12(7-11)19(22,23)24/h2-9H,10H2,1H3,(H,26,28). The van der Waals surface area contributed by atoms with Crippen molar-refractivity contribution in [3.8, 4) is 11.6 Å². The third-order valence-corrected chi connectivity index (χ3v) is 4.35. The van der Waals surface area contributed by atoms with Crippen LogP contribution in [0.25, 0.3) is 0 Å². The van der Waals surface area contributed by atoms with Crippen molar-refractivity contribution < 1.29 is 27.5 Å². The molecule has 0 atom stereocenters. The highest BCUT2D eigenvalue weighted by atomic mass is 35.5. The summed E-state index contributed by atoms with van der Waals surface area (Å²) >= 11 is 11.8. The summed E-state index contributed by atoms with van der Waals surface area (Å²) in [5.41, 5.74) is 1.70. The van der Waals surface area contributed by atoms with E-state index in [-0.39, 0.29) is 34.4 Å². The van der Waals surface area contributed by atoms with Crippen molar-refractivity contribution in [3.63, 3.8) is 0 Å². The number of hydrogen-bond donors (Lipinski definition) is 1. The Morgan fingerprint density at radius 2 is 1.97 bits per heavy atom. The monoisotopic (exact) mass is 459 g/mol. The number of carbonyl (C=O) groups is 1. The Morgan fingerprint density at radius 3 is 2.67 bits per heavy atom. The van der Waals surface area contributed by atoms with Gasteiger partial charge in [0.15, 0.2) is 5.75 Å². The molecule has 11 heteroatoms. The summed E-state index contributed by atoms with van der Waals surface area (Å²) in [5.74, 6) is -0.587. The summed E-state index contributed by atoms with van der Waals surface area (Å²) in [4.78, 5) is 17.6. The molecule has 1 N–H and O–H groups in total. The Morgan fingerprint density at radius 1 is 1.20 bits per heavy atom. The van der Waals surface area contributed by atoms with Gasteiger partial charge in [-0.3, -0.25) is 9.48 Å². The minimum Gasteiger partial charge on any atom is -0.471 e. The van der Waals surface area contributed by atoms with Crippen LogP contribution in [-0.2, 0) is 19.8 Å². The molecule has 0 unspecified atom stereocenters. The third-order valence-electron chi connectivity index (χ3n) is 3.82. The average molecular weight is 460 g/mol. The second-order valence-electron chi connectivity index (χ2n) is 6.12. The van der Waals surface area contributed by atoms with Gasteiger partial charge in [0.05, 0.1) is 10.6 Å². The van der Waals surface area contributed by atoms with Gasteiger partial charge in [0.1, 0.15) is 12.2 Å². The van der Waals surface area contributed by atoms with Crippen molar-refractivity contribution in [3.05, 3.63) is 75.4 Å². The summed E-state index contributed by atoms with van der Waals surface area (Å²) in [7, 11) is 1.56. The number of benzene rings is 2. The lowest BCUT2D eigenvalue weighted by molar-refractivity contribution is -0.137. The minimum absolute atomic E-state index is 0.0227. The molecule has 0 saturated carbocycles. The van der Waals surface area contributed by atoms with E-state index in [4.69, 9.17) is 32.8 Å². The maximum atomic E-state index is 12.8. The second-order valence-corrected chi connectivity index (χ2v) is 6.96. The zero-order chi connectivity index (χ0) is 21.9. The maximum Gasteiger partial charge on any atom is 0.416 e. The maximum absolute atomic E-state index is 12.8. The lowest BCUT2D eigenvalue weighted by Crippen LogP contribution is -2.27. The molecule has 3 rings (SSSR count). The number of halogens is 5. The van der Waals surface area contributed by atoms with Gasteiger partial charge < -0.3 is 9.57 Å². The number of nitrogens with zero attached hydrogens (tertiary/aromatic N) is 2. The van der Waals surface area contributed by atoms with E-state index >= 15 is 0 Å². The van der Waals surface area contributed by atoms with E-state index in [1.165, 1.54) is 41.2 Å². The van der Waals surface area contributed by atoms with E-state index < -0.39 is 17.6 Å². The molecular weight excluding hydrogens is 446 g/mol. The van der Waals surface area contributed by atoms with Gasteiger partial charge in [0.25, 0.3) is 5.91 Å². The quantitative estimate of drug-likeness (QED) is 0.523. The minimum atomic E-state index is -4.47. The van der Waals surface area contributed by atoms with Crippen LogP contribution in [0.15, 0.2) is 48.7 Å². The molecule has 3 aromatic rings. The molecule has 0 fully saturated rings. The third kappa shape index (κ3) is 5.37. The van der Waals surface area contributed by atoms with E-state index in [0.717, 1.165) is 12.1 Å². The number of amides is 1. The highest BCUT2D eigenvalue weighted by Gasteiger charge is 2.30. The zero-order valence-electron chi connectivity index (χ0n) is 15.3. The molecule has 1 amide bonds. The molecule has 0 saturated heterocycles. The molecule has 0 aliphatic carbocycles. The first kappa shape index (κ1) is 21.8. The molecule has 0 aliphatic heterocycles. The van der Waals surface area contributed by atoms with Crippen LogP contribution in [-0.4, -0.2) is 15.7 Å². The largest absolute Gasteiger partial charge is 0.471 e. The van der Waals surface area contributed by atoms with Crippen LogP contribution in [0.3, 0.4) is 0 Å².